The van der Waals surface area contributed by atoms with Gasteiger partial charge in [-0.05, 0) is 28.4 Å². The number of rotatable bonds is 2. The van der Waals surface area contributed by atoms with Crippen LogP contribution in [-0.2, 0) is 4.79 Å². The molecule has 0 bridgehead atoms. The summed E-state index contributed by atoms with van der Waals surface area (Å²) >= 11 is 3.25. The maximum Gasteiger partial charge on any atom is 0.253 e. The molecule has 6 heteroatoms. The Morgan fingerprint density at radius 2 is 2.35 bits per heavy atom. The third kappa shape index (κ3) is 2.63. The molecule has 1 unspecified atom stereocenters. The Labute approximate surface area is 107 Å². The fourth-order valence-electron chi connectivity index (χ4n) is 1.73. The maximum absolute atomic E-state index is 11.9. The van der Waals surface area contributed by atoms with Gasteiger partial charge in [0.25, 0.3) is 5.91 Å². The molecule has 1 aliphatic heterocycles. The molecule has 2 amide bonds. The molecule has 1 aromatic rings. The first kappa shape index (κ1) is 12.0. The summed E-state index contributed by atoms with van der Waals surface area (Å²) in [4.78, 5) is 29.0. The summed E-state index contributed by atoms with van der Waals surface area (Å²) in [6, 6.07) is 1.26. The molecule has 2 rings (SSSR count). The van der Waals surface area contributed by atoms with Crippen molar-refractivity contribution in [2.24, 2.45) is 0 Å². The molecule has 90 valence electrons. The molecule has 1 saturated heterocycles. The van der Waals surface area contributed by atoms with Crippen LogP contribution < -0.4 is 5.32 Å². The van der Waals surface area contributed by atoms with Gasteiger partial charge in [0.2, 0.25) is 5.91 Å². The number of carbonyl (C=O) groups excluding carboxylic acids is 2. The van der Waals surface area contributed by atoms with Crippen LogP contribution in [-0.4, -0.2) is 41.3 Å². The van der Waals surface area contributed by atoms with Crippen molar-refractivity contribution in [3.8, 4) is 0 Å². The van der Waals surface area contributed by atoms with Gasteiger partial charge in [0, 0.05) is 30.5 Å². The van der Waals surface area contributed by atoms with Gasteiger partial charge in [0.15, 0.2) is 0 Å². The Kier molecular flexibility index (Phi) is 3.42. The SMILES string of the molecule is CN1CCC(NC(=O)c2cncc(Br)c2)C1=O. The smallest absolute Gasteiger partial charge is 0.253 e. The Bertz CT molecular complexity index is 464. The van der Waals surface area contributed by atoms with Gasteiger partial charge in [-0.2, -0.15) is 0 Å². The predicted molar refractivity (Wildman–Crippen MR) is 65.4 cm³/mol. The fourth-order valence-corrected chi connectivity index (χ4v) is 2.10. The number of nitrogens with zero attached hydrogens (tertiary/aromatic N) is 2. The van der Waals surface area contributed by atoms with Gasteiger partial charge in [0.05, 0.1) is 5.56 Å². The van der Waals surface area contributed by atoms with Crippen molar-refractivity contribution >= 4 is 27.7 Å². The van der Waals surface area contributed by atoms with Gasteiger partial charge in [-0.25, -0.2) is 0 Å². The van der Waals surface area contributed by atoms with Crippen LogP contribution >= 0.6 is 15.9 Å². The lowest BCUT2D eigenvalue weighted by Crippen LogP contribution is -2.40. The van der Waals surface area contributed by atoms with Gasteiger partial charge in [-0.1, -0.05) is 0 Å². The molecule has 0 aliphatic carbocycles. The largest absolute Gasteiger partial charge is 0.344 e. The average Bonchev–Trinajstić information content (AvgIpc) is 2.61. The molecule has 2 heterocycles. The molecule has 1 aliphatic rings. The monoisotopic (exact) mass is 297 g/mol. The van der Waals surface area contributed by atoms with E-state index in [1.807, 2.05) is 0 Å². The summed E-state index contributed by atoms with van der Waals surface area (Å²) in [5.41, 5.74) is 0.446. The van der Waals surface area contributed by atoms with E-state index in [9.17, 15) is 9.59 Å². The van der Waals surface area contributed by atoms with Crippen LogP contribution in [0, 0.1) is 0 Å². The first-order chi connectivity index (χ1) is 8.08. The van der Waals surface area contributed by atoms with E-state index in [2.05, 4.69) is 26.2 Å². The van der Waals surface area contributed by atoms with Crippen molar-refractivity contribution in [2.75, 3.05) is 13.6 Å². The average molecular weight is 298 g/mol. The molecule has 0 radical (unpaired) electrons. The van der Waals surface area contributed by atoms with Gasteiger partial charge >= 0.3 is 0 Å². The van der Waals surface area contributed by atoms with Crippen LogP contribution in [0.4, 0.5) is 0 Å². The van der Waals surface area contributed by atoms with E-state index in [4.69, 9.17) is 0 Å². The van der Waals surface area contributed by atoms with Crippen LogP contribution in [0.1, 0.15) is 16.8 Å². The second kappa shape index (κ2) is 4.83. The van der Waals surface area contributed by atoms with E-state index in [1.54, 1.807) is 24.2 Å². The molecule has 1 N–H and O–H groups in total. The van der Waals surface area contributed by atoms with Crippen molar-refractivity contribution in [3.63, 3.8) is 0 Å². The Hall–Kier alpha value is -1.43. The summed E-state index contributed by atoms with van der Waals surface area (Å²) < 4.78 is 0.736. The van der Waals surface area contributed by atoms with Crippen LogP contribution in [0.15, 0.2) is 22.9 Å². The van der Waals surface area contributed by atoms with Gasteiger partial charge < -0.3 is 10.2 Å². The minimum Gasteiger partial charge on any atom is -0.344 e. The zero-order chi connectivity index (χ0) is 12.4. The first-order valence-electron chi connectivity index (χ1n) is 5.24. The lowest BCUT2D eigenvalue weighted by molar-refractivity contribution is -0.128. The lowest BCUT2D eigenvalue weighted by Gasteiger charge is -2.12. The molecule has 1 aromatic heterocycles. The van der Waals surface area contributed by atoms with E-state index in [-0.39, 0.29) is 11.8 Å². The summed E-state index contributed by atoms with van der Waals surface area (Å²) in [7, 11) is 1.73. The normalized spacial score (nSPS) is 19.5. The fraction of sp³-hybridized carbons (Fsp3) is 0.364. The van der Waals surface area contributed by atoms with Crippen LogP contribution in [0.2, 0.25) is 0 Å². The molecule has 1 atom stereocenters. The van der Waals surface area contributed by atoms with Crippen molar-refractivity contribution in [3.05, 3.63) is 28.5 Å². The number of aromatic nitrogens is 1. The molecule has 0 spiro atoms. The molecule has 0 saturated carbocycles. The molecule has 1 fully saturated rings. The van der Waals surface area contributed by atoms with Crippen molar-refractivity contribution < 1.29 is 9.59 Å². The Morgan fingerprint density at radius 1 is 1.59 bits per heavy atom. The third-order valence-electron chi connectivity index (χ3n) is 2.70. The quantitative estimate of drug-likeness (QED) is 0.878. The number of likely N-dealkylation sites (N-methyl/N-ethyl adjacent to an activating group) is 1. The van der Waals surface area contributed by atoms with E-state index >= 15 is 0 Å². The van der Waals surface area contributed by atoms with Crippen LogP contribution in [0.3, 0.4) is 0 Å². The molecular formula is C11H12BrN3O2. The third-order valence-corrected chi connectivity index (χ3v) is 3.13. The van der Waals surface area contributed by atoms with Crippen molar-refractivity contribution in [1.29, 1.82) is 0 Å². The summed E-state index contributed by atoms with van der Waals surface area (Å²) in [6.07, 6.45) is 3.73. The zero-order valence-corrected chi connectivity index (χ0v) is 10.9. The first-order valence-corrected chi connectivity index (χ1v) is 6.03. The highest BCUT2D eigenvalue weighted by Gasteiger charge is 2.30. The zero-order valence-electron chi connectivity index (χ0n) is 9.31. The molecule has 17 heavy (non-hydrogen) atoms. The standard InChI is InChI=1S/C11H12BrN3O2/c1-15-3-2-9(11(15)17)14-10(16)7-4-8(12)6-13-5-7/h4-6,9H,2-3H2,1H3,(H,14,16). The van der Waals surface area contributed by atoms with E-state index < -0.39 is 6.04 Å². The highest BCUT2D eigenvalue weighted by molar-refractivity contribution is 9.10. The van der Waals surface area contributed by atoms with E-state index in [1.165, 1.54) is 6.20 Å². The number of hydrogen-bond acceptors (Lipinski definition) is 3. The maximum atomic E-state index is 11.9. The predicted octanol–water partition coefficient (Wildman–Crippen LogP) is 0.805. The number of pyridine rings is 1. The molecule has 0 aromatic carbocycles. The van der Waals surface area contributed by atoms with Gasteiger partial charge in [-0.15, -0.1) is 0 Å². The highest BCUT2D eigenvalue weighted by Crippen LogP contribution is 2.12. The van der Waals surface area contributed by atoms with Crippen molar-refractivity contribution in [2.45, 2.75) is 12.5 Å². The lowest BCUT2D eigenvalue weighted by atomic mass is 10.2. The number of carbonyl (C=O) groups is 2. The summed E-state index contributed by atoms with van der Waals surface area (Å²) in [5.74, 6) is -0.311. The molecular weight excluding hydrogens is 286 g/mol. The highest BCUT2D eigenvalue weighted by atomic mass is 79.9. The Balaban J connectivity index is 2.05. The number of likely N-dealkylation sites (tertiary alicyclic amines) is 1. The van der Waals surface area contributed by atoms with Crippen LogP contribution in [0.5, 0.6) is 0 Å². The summed E-state index contributed by atoms with van der Waals surface area (Å²) in [5, 5.41) is 2.71. The molecule has 5 nitrogen and oxygen atoms in total. The van der Waals surface area contributed by atoms with E-state index in [0.717, 1.165) is 4.47 Å². The number of nitrogens with one attached hydrogen (secondary N) is 1. The number of hydrogen-bond donors (Lipinski definition) is 1. The minimum atomic E-state index is -0.411. The summed E-state index contributed by atoms with van der Waals surface area (Å²) in [6.45, 7) is 0.681. The number of amides is 2. The van der Waals surface area contributed by atoms with E-state index in [0.29, 0.717) is 18.5 Å². The Morgan fingerprint density at radius 3 is 2.94 bits per heavy atom. The minimum absolute atomic E-state index is 0.0405. The van der Waals surface area contributed by atoms with Crippen molar-refractivity contribution in [1.82, 2.24) is 15.2 Å². The van der Waals surface area contributed by atoms with Crippen LogP contribution in [0.25, 0.3) is 0 Å². The number of halogens is 1. The van der Waals surface area contributed by atoms with Gasteiger partial charge in [-0.3, -0.25) is 14.6 Å². The topological polar surface area (TPSA) is 62.3 Å². The second-order valence-corrected chi connectivity index (χ2v) is 4.88. The van der Waals surface area contributed by atoms with Gasteiger partial charge in [0.1, 0.15) is 6.04 Å². The second-order valence-electron chi connectivity index (χ2n) is 3.97.